The fourth-order valence-corrected chi connectivity index (χ4v) is 5.95. The first-order chi connectivity index (χ1) is 14.0. The summed E-state index contributed by atoms with van der Waals surface area (Å²) >= 11 is 0. The zero-order chi connectivity index (χ0) is 20.0. The van der Waals surface area contributed by atoms with E-state index in [1.807, 2.05) is 12.3 Å². The highest BCUT2D eigenvalue weighted by molar-refractivity contribution is 7.90. The predicted molar refractivity (Wildman–Crippen MR) is 109 cm³/mol. The quantitative estimate of drug-likeness (QED) is 0.653. The number of rotatable bonds is 4. The Hall–Kier alpha value is -2.33. The third-order valence-corrected chi connectivity index (χ3v) is 7.95. The molecule has 1 saturated heterocycles. The minimum atomic E-state index is -3.47. The Morgan fingerprint density at radius 2 is 2.10 bits per heavy atom. The van der Waals surface area contributed by atoms with E-state index in [1.165, 1.54) is 0 Å². The van der Waals surface area contributed by atoms with Gasteiger partial charge in [0.2, 0.25) is 0 Å². The van der Waals surface area contributed by atoms with E-state index in [0.717, 1.165) is 35.5 Å². The average molecular weight is 417 g/mol. The van der Waals surface area contributed by atoms with Crippen LogP contribution in [0, 0.1) is 11.8 Å². The van der Waals surface area contributed by atoms with Gasteiger partial charge in [-0.3, -0.25) is 4.40 Å². The van der Waals surface area contributed by atoms with E-state index in [1.54, 1.807) is 12.4 Å². The molecule has 0 radical (unpaired) electrons. The molecule has 3 aromatic rings. The van der Waals surface area contributed by atoms with Crippen molar-refractivity contribution in [2.45, 2.75) is 43.8 Å². The van der Waals surface area contributed by atoms with E-state index in [2.05, 4.69) is 35.9 Å². The smallest absolute Gasteiger partial charge is 0.255 e. The Morgan fingerprint density at radius 1 is 1.28 bits per heavy atom. The third kappa shape index (κ3) is 3.33. The van der Waals surface area contributed by atoms with Crippen molar-refractivity contribution < 1.29 is 13.2 Å². The number of nitrogens with one attached hydrogen (secondary N) is 1. The first-order valence-electron chi connectivity index (χ1n) is 10.1. The van der Waals surface area contributed by atoms with Gasteiger partial charge in [0.15, 0.2) is 11.3 Å². The molecular formula is C19H24N6O3S. The van der Waals surface area contributed by atoms with Crippen molar-refractivity contribution >= 4 is 33.0 Å². The molecule has 10 heteroatoms. The van der Waals surface area contributed by atoms with E-state index in [9.17, 15) is 8.42 Å². The zero-order valence-electron chi connectivity index (χ0n) is 16.2. The van der Waals surface area contributed by atoms with Crippen molar-refractivity contribution in [1.82, 2.24) is 24.6 Å². The van der Waals surface area contributed by atoms with Crippen LogP contribution in [0.2, 0.25) is 0 Å². The molecule has 3 aromatic heterocycles. The second-order valence-corrected chi connectivity index (χ2v) is 10.0. The molecule has 1 saturated carbocycles. The lowest BCUT2D eigenvalue weighted by molar-refractivity contribution is 0.0984. The lowest BCUT2D eigenvalue weighted by Crippen LogP contribution is -2.27. The number of sulfonamides is 1. The number of hydrogen-bond acceptors (Lipinski definition) is 6. The molecule has 1 N–H and O–H groups in total. The van der Waals surface area contributed by atoms with E-state index < -0.39 is 15.3 Å². The van der Waals surface area contributed by atoms with Gasteiger partial charge in [0.05, 0.1) is 17.0 Å². The van der Waals surface area contributed by atoms with Crippen molar-refractivity contribution in [2.75, 3.05) is 13.2 Å². The fraction of sp³-hybridized carbons (Fsp3) is 0.579. The standard InChI is InChI=1S/C19H24N6O3S/c1-12-8-13(10-22-29(26,27)14-3-6-28-7-4-14)9-15(12)19-24-23-17-11-21-18-16(25(17)19)2-5-20-18/h2,5,10-15,20H,3-4,6-9H2,1H3/b22-10+/t12-,13?,15+/m1/s1. The highest BCUT2D eigenvalue weighted by Gasteiger charge is 2.36. The van der Waals surface area contributed by atoms with Crippen molar-refractivity contribution in [3.05, 3.63) is 24.3 Å². The monoisotopic (exact) mass is 416 g/mol. The highest BCUT2D eigenvalue weighted by Crippen LogP contribution is 2.42. The normalized spacial score (nSPS) is 26.9. The maximum absolute atomic E-state index is 12.5. The summed E-state index contributed by atoms with van der Waals surface area (Å²) in [4.78, 5) is 7.49. The van der Waals surface area contributed by atoms with Crippen LogP contribution in [0.3, 0.4) is 0 Å². The minimum Gasteiger partial charge on any atom is -0.381 e. The molecule has 0 spiro atoms. The van der Waals surface area contributed by atoms with Crippen LogP contribution in [0.1, 0.15) is 44.3 Å². The molecule has 29 heavy (non-hydrogen) atoms. The zero-order valence-corrected chi connectivity index (χ0v) is 17.0. The number of nitrogens with zero attached hydrogens (tertiary/aromatic N) is 5. The topological polar surface area (TPSA) is 115 Å². The second-order valence-electron chi connectivity index (χ2n) is 8.12. The van der Waals surface area contributed by atoms with Crippen LogP contribution in [0.4, 0.5) is 0 Å². The van der Waals surface area contributed by atoms with Crippen LogP contribution in [0.25, 0.3) is 16.8 Å². The second kappa shape index (κ2) is 7.17. The molecule has 1 unspecified atom stereocenters. The Morgan fingerprint density at radius 3 is 2.93 bits per heavy atom. The minimum absolute atomic E-state index is 0.112. The highest BCUT2D eigenvalue weighted by atomic mass is 32.2. The van der Waals surface area contributed by atoms with Gasteiger partial charge in [-0.2, -0.15) is 4.40 Å². The first kappa shape index (κ1) is 18.7. The molecular weight excluding hydrogens is 392 g/mol. The molecule has 154 valence electrons. The molecule has 2 fully saturated rings. The van der Waals surface area contributed by atoms with E-state index >= 15 is 0 Å². The first-order valence-corrected chi connectivity index (χ1v) is 11.6. The largest absolute Gasteiger partial charge is 0.381 e. The predicted octanol–water partition coefficient (Wildman–Crippen LogP) is 2.31. The Bertz CT molecular complexity index is 1160. The third-order valence-electron chi connectivity index (χ3n) is 6.22. The van der Waals surface area contributed by atoms with Crippen molar-refractivity contribution in [1.29, 1.82) is 0 Å². The molecule has 3 atom stereocenters. The molecule has 1 aliphatic carbocycles. The summed E-state index contributed by atoms with van der Waals surface area (Å²) in [7, 11) is -3.47. The lowest BCUT2D eigenvalue weighted by atomic mass is 9.97. The van der Waals surface area contributed by atoms with Gasteiger partial charge < -0.3 is 9.72 Å². The molecule has 4 heterocycles. The number of ether oxygens (including phenoxy) is 1. The number of hydrogen-bond donors (Lipinski definition) is 1. The van der Waals surface area contributed by atoms with Gasteiger partial charge in [0.1, 0.15) is 5.82 Å². The van der Waals surface area contributed by atoms with E-state index in [-0.39, 0.29) is 11.8 Å². The van der Waals surface area contributed by atoms with Crippen LogP contribution >= 0.6 is 0 Å². The van der Waals surface area contributed by atoms with Crippen LogP contribution in [-0.2, 0) is 14.8 Å². The molecule has 5 rings (SSSR count). The molecule has 0 bridgehead atoms. The fourth-order valence-electron chi connectivity index (χ4n) is 4.65. The summed E-state index contributed by atoms with van der Waals surface area (Å²) in [6.07, 6.45) is 7.96. The van der Waals surface area contributed by atoms with Crippen LogP contribution in [0.5, 0.6) is 0 Å². The Kier molecular flexibility index (Phi) is 4.62. The van der Waals surface area contributed by atoms with Gasteiger partial charge in [-0.15, -0.1) is 10.2 Å². The molecule has 9 nitrogen and oxygen atoms in total. The number of fused-ring (bicyclic) bond motifs is 3. The van der Waals surface area contributed by atoms with Crippen molar-refractivity contribution in [2.24, 2.45) is 16.2 Å². The van der Waals surface area contributed by atoms with Gasteiger partial charge in [-0.1, -0.05) is 6.92 Å². The number of aromatic nitrogens is 5. The van der Waals surface area contributed by atoms with E-state index in [4.69, 9.17) is 4.74 Å². The van der Waals surface area contributed by atoms with E-state index in [0.29, 0.717) is 32.0 Å². The lowest BCUT2D eigenvalue weighted by Gasteiger charge is -2.19. The molecule has 0 amide bonds. The van der Waals surface area contributed by atoms with Crippen LogP contribution in [-0.4, -0.2) is 57.7 Å². The molecule has 2 aliphatic rings. The number of aromatic amines is 1. The summed E-state index contributed by atoms with van der Waals surface area (Å²) in [6, 6.07) is 1.97. The molecule has 1 aliphatic heterocycles. The van der Waals surface area contributed by atoms with Crippen molar-refractivity contribution in [3.63, 3.8) is 0 Å². The van der Waals surface area contributed by atoms with Gasteiger partial charge in [-0.25, -0.2) is 13.4 Å². The summed E-state index contributed by atoms with van der Waals surface area (Å²) in [6.45, 7) is 3.16. The van der Waals surface area contributed by atoms with Crippen LogP contribution < -0.4 is 0 Å². The average Bonchev–Trinajstić information content (AvgIpc) is 3.44. The van der Waals surface area contributed by atoms with Gasteiger partial charge in [0.25, 0.3) is 10.0 Å². The summed E-state index contributed by atoms with van der Waals surface area (Å²) in [5, 5.41) is 8.33. The van der Waals surface area contributed by atoms with Crippen molar-refractivity contribution in [3.8, 4) is 0 Å². The summed E-state index contributed by atoms with van der Waals surface area (Å²) in [5.74, 6) is 1.56. The van der Waals surface area contributed by atoms with Gasteiger partial charge in [0, 0.05) is 31.5 Å². The maximum Gasteiger partial charge on any atom is 0.255 e. The van der Waals surface area contributed by atoms with Gasteiger partial charge in [-0.05, 0) is 43.6 Å². The summed E-state index contributed by atoms with van der Waals surface area (Å²) in [5.41, 5.74) is 2.47. The Balaban J connectivity index is 1.39. The molecule has 0 aromatic carbocycles. The Labute approximate surface area is 168 Å². The van der Waals surface area contributed by atoms with Gasteiger partial charge >= 0.3 is 0 Å². The maximum atomic E-state index is 12.5. The SMILES string of the molecule is C[C@@H]1CC(/C=N/S(=O)(=O)C2CCOCC2)C[C@@H]1c1nnc2cnc3[nH]ccc3n12. The number of H-pyrrole nitrogens is 1. The van der Waals surface area contributed by atoms with Crippen LogP contribution in [0.15, 0.2) is 22.9 Å². The summed E-state index contributed by atoms with van der Waals surface area (Å²) < 4.78 is 36.4.